The zero-order valence-electron chi connectivity index (χ0n) is 18.8. The van der Waals surface area contributed by atoms with E-state index in [0.717, 1.165) is 48.5 Å². The van der Waals surface area contributed by atoms with E-state index in [1.165, 1.54) is 22.3 Å². The molecular weight excluding hydrogens is 423 g/mol. The largest absolute Gasteiger partial charge is 0.374 e. The van der Waals surface area contributed by atoms with Gasteiger partial charge >= 0.3 is 0 Å². The number of nitrogens with one attached hydrogen (secondary N) is 2. The minimum atomic E-state index is -1.07. The van der Waals surface area contributed by atoms with E-state index < -0.39 is 12.3 Å². The molecule has 0 saturated heterocycles. The molecule has 3 aliphatic carbocycles. The fourth-order valence-electron chi connectivity index (χ4n) is 4.61. The van der Waals surface area contributed by atoms with Gasteiger partial charge in [0.15, 0.2) is 6.17 Å². The number of halogens is 2. The predicted octanol–water partition coefficient (Wildman–Crippen LogP) is 6.42. The molecule has 32 heavy (non-hydrogen) atoms. The SMILES string of the molecule is COC1C=CC=C(CC2=CCCC(C(C)NCCc3c[nH]c4c3C=C(Cl)CC=C4)=C2)C1F. The van der Waals surface area contributed by atoms with Gasteiger partial charge in [0.1, 0.15) is 6.10 Å². The van der Waals surface area contributed by atoms with Crippen molar-refractivity contribution in [2.75, 3.05) is 13.7 Å². The van der Waals surface area contributed by atoms with Crippen LogP contribution in [-0.4, -0.2) is 37.0 Å². The first-order valence-corrected chi connectivity index (χ1v) is 11.8. The highest BCUT2D eigenvalue weighted by Gasteiger charge is 2.25. The van der Waals surface area contributed by atoms with Crippen LogP contribution in [-0.2, 0) is 11.2 Å². The fourth-order valence-corrected chi connectivity index (χ4v) is 4.80. The van der Waals surface area contributed by atoms with Crippen LogP contribution in [0.5, 0.6) is 0 Å². The number of rotatable bonds is 8. The Balaban J connectivity index is 1.33. The Morgan fingerprint density at radius 3 is 3.06 bits per heavy atom. The number of methoxy groups -OCH3 is 1. The lowest BCUT2D eigenvalue weighted by Crippen LogP contribution is -2.30. The highest BCUT2D eigenvalue weighted by Crippen LogP contribution is 2.30. The second kappa shape index (κ2) is 10.7. The first-order chi connectivity index (χ1) is 15.5. The van der Waals surface area contributed by atoms with Crippen LogP contribution < -0.4 is 5.32 Å². The molecule has 4 rings (SSSR count). The van der Waals surface area contributed by atoms with Crippen molar-refractivity contribution >= 4 is 23.8 Å². The molecule has 0 fully saturated rings. The van der Waals surface area contributed by atoms with Crippen LogP contribution in [0.1, 0.15) is 49.4 Å². The number of ether oxygens (including phenoxy) is 1. The molecule has 0 aromatic carbocycles. The zero-order chi connectivity index (χ0) is 22.5. The second-order valence-corrected chi connectivity index (χ2v) is 9.19. The number of aromatic amines is 1. The second-order valence-electron chi connectivity index (χ2n) is 8.71. The number of hydrogen-bond donors (Lipinski definition) is 2. The van der Waals surface area contributed by atoms with Gasteiger partial charge in [-0.15, -0.1) is 0 Å². The van der Waals surface area contributed by atoms with Crippen molar-refractivity contribution in [3.63, 3.8) is 0 Å². The molecule has 1 aromatic rings. The average Bonchev–Trinajstić information content (AvgIpc) is 3.05. The third-order valence-electron chi connectivity index (χ3n) is 6.48. The minimum Gasteiger partial charge on any atom is -0.374 e. The Labute approximate surface area is 195 Å². The highest BCUT2D eigenvalue weighted by molar-refractivity contribution is 6.31. The van der Waals surface area contributed by atoms with Gasteiger partial charge in [0.2, 0.25) is 0 Å². The predicted molar refractivity (Wildman–Crippen MR) is 132 cm³/mol. The molecule has 0 saturated carbocycles. The maximum Gasteiger partial charge on any atom is 0.151 e. The summed E-state index contributed by atoms with van der Waals surface area (Å²) < 4.78 is 19.9. The van der Waals surface area contributed by atoms with Crippen LogP contribution in [0.4, 0.5) is 4.39 Å². The molecule has 3 atom stereocenters. The smallest absolute Gasteiger partial charge is 0.151 e. The van der Waals surface area contributed by atoms with Gasteiger partial charge in [0, 0.05) is 42.1 Å². The average molecular weight is 455 g/mol. The lowest BCUT2D eigenvalue weighted by molar-refractivity contribution is 0.0798. The lowest BCUT2D eigenvalue weighted by atomic mass is 9.88. The summed E-state index contributed by atoms with van der Waals surface area (Å²) in [5.41, 5.74) is 6.97. The van der Waals surface area contributed by atoms with Crippen molar-refractivity contribution in [3.05, 3.63) is 81.2 Å². The number of allylic oxidation sites excluding steroid dienone is 7. The van der Waals surface area contributed by atoms with E-state index in [-0.39, 0.29) is 6.04 Å². The highest BCUT2D eigenvalue weighted by atomic mass is 35.5. The first kappa shape index (κ1) is 23.0. The van der Waals surface area contributed by atoms with Crippen LogP contribution in [0, 0.1) is 0 Å². The molecule has 1 aromatic heterocycles. The summed E-state index contributed by atoms with van der Waals surface area (Å²) in [6.45, 7) is 3.10. The number of alkyl halides is 1. The molecular formula is C27H32ClFN2O. The van der Waals surface area contributed by atoms with E-state index in [0.29, 0.717) is 6.42 Å². The number of hydrogen-bond acceptors (Lipinski definition) is 2. The van der Waals surface area contributed by atoms with Crippen molar-refractivity contribution in [2.45, 2.75) is 57.3 Å². The van der Waals surface area contributed by atoms with Gasteiger partial charge < -0.3 is 15.0 Å². The molecule has 3 unspecified atom stereocenters. The van der Waals surface area contributed by atoms with Gasteiger partial charge in [-0.25, -0.2) is 4.39 Å². The molecule has 0 radical (unpaired) electrons. The van der Waals surface area contributed by atoms with E-state index in [1.54, 1.807) is 13.2 Å². The van der Waals surface area contributed by atoms with Crippen LogP contribution in [0.2, 0.25) is 0 Å². The Morgan fingerprint density at radius 2 is 2.22 bits per heavy atom. The van der Waals surface area contributed by atoms with Crippen molar-refractivity contribution in [2.24, 2.45) is 0 Å². The van der Waals surface area contributed by atoms with E-state index >= 15 is 0 Å². The van der Waals surface area contributed by atoms with E-state index in [1.807, 2.05) is 12.2 Å². The summed E-state index contributed by atoms with van der Waals surface area (Å²) in [6.07, 6.45) is 21.3. The monoisotopic (exact) mass is 454 g/mol. The number of H-pyrrole nitrogens is 1. The molecule has 2 N–H and O–H groups in total. The summed E-state index contributed by atoms with van der Waals surface area (Å²) in [4.78, 5) is 3.36. The zero-order valence-corrected chi connectivity index (χ0v) is 19.6. The Bertz CT molecular complexity index is 1010. The van der Waals surface area contributed by atoms with Crippen molar-refractivity contribution in [1.82, 2.24) is 10.3 Å². The van der Waals surface area contributed by atoms with Gasteiger partial charge in [0.05, 0.1) is 0 Å². The molecule has 0 aliphatic heterocycles. The van der Waals surface area contributed by atoms with Crippen molar-refractivity contribution in [1.29, 1.82) is 0 Å². The Hall–Kier alpha value is -2.14. The topological polar surface area (TPSA) is 37.0 Å². The van der Waals surface area contributed by atoms with Gasteiger partial charge in [-0.2, -0.15) is 0 Å². The molecule has 3 nitrogen and oxygen atoms in total. The maximum absolute atomic E-state index is 14.7. The summed E-state index contributed by atoms with van der Waals surface area (Å²) in [5.74, 6) is 0. The normalized spacial score (nSPS) is 23.6. The third kappa shape index (κ3) is 5.43. The van der Waals surface area contributed by atoms with E-state index in [4.69, 9.17) is 16.3 Å². The summed E-state index contributed by atoms with van der Waals surface area (Å²) in [5, 5.41) is 4.54. The van der Waals surface area contributed by atoms with Gasteiger partial charge in [-0.1, -0.05) is 53.6 Å². The minimum absolute atomic E-state index is 0.281. The third-order valence-corrected chi connectivity index (χ3v) is 6.75. The lowest BCUT2D eigenvalue weighted by Gasteiger charge is -2.25. The maximum atomic E-state index is 14.7. The Morgan fingerprint density at radius 1 is 1.34 bits per heavy atom. The quantitative estimate of drug-likeness (QED) is 0.475. The van der Waals surface area contributed by atoms with Crippen molar-refractivity contribution < 1.29 is 9.13 Å². The molecule has 1 heterocycles. The summed E-state index contributed by atoms with van der Waals surface area (Å²) in [6, 6.07) is 0.281. The molecule has 5 heteroatoms. The fraction of sp³-hybridized carbons (Fsp3) is 0.407. The van der Waals surface area contributed by atoms with E-state index in [9.17, 15) is 4.39 Å². The molecule has 3 aliphatic rings. The summed E-state index contributed by atoms with van der Waals surface area (Å²) in [7, 11) is 1.56. The number of aromatic nitrogens is 1. The van der Waals surface area contributed by atoms with Crippen LogP contribution >= 0.6 is 11.6 Å². The van der Waals surface area contributed by atoms with Crippen LogP contribution in [0.15, 0.2) is 64.4 Å². The van der Waals surface area contributed by atoms with Crippen molar-refractivity contribution in [3.8, 4) is 0 Å². The molecule has 0 spiro atoms. The Kier molecular flexibility index (Phi) is 7.67. The molecule has 0 bridgehead atoms. The number of fused-ring (bicyclic) bond motifs is 1. The molecule has 170 valence electrons. The molecule has 0 amide bonds. The van der Waals surface area contributed by atoms with Crippen LogP contribution in [0.3, 0.4) is 0 Å². The van der Waals surface area contributed by atoms with Gasteiger partial charge in [-0.3, -0.25) is 0 Å². The summed E-state index contributed by atoms with van der Waals surface area (Å²) >= 11 is 6.30. The van der Waals surface area contributed by atoms with Gasteiger partial charge in [0.25, 0.3) is 0 Å². The van der Waals surface area contributed by atoms with E-state index in [2.05, 4.69) is 53.8 Å². The van der Waals surface area contributed by atoms with Crippen LogP contribution in [0.25, 0.3) is 12.2 Å². The van der Waals surface area contributed by atoms with Gasteiger partial charge in [-0.05, 0) is 68.0 Å². The standard InChI is InChI=1S/C27H32ClFN2O/c1-18(30-13-12-22-17-31-25-10-5-9-23(28)16-24(22)25)20-7-3-6-19(14-20)15-21-8-4-11-26(32-2)27(21)29/h4-6,8,10-11,14,16-18,26-27,30-31H,3,7,9,12-13,15H2,1-2H3. The first-order valence-electron chi connectivity index (χ1n) is 11.4.